The lowest BCUT2D eigenvalue weighted by atomic mass is 10.1. The Balaban J connectivity index is 1.56. The van der Waals surface area contributed by atoms with Crippen LogP contribution in [0.5, 0.6) is 0 Å². The Morgan fingerprint density at radius 2 is 1.57 bits per heavy atom. The van der Waals surface area contributed by atoms with Crippen LogP contribution >= 0.6 is 11.8 Å². The third-order valence-electron chi connectivity index (χ3n) is 6.71. The lowest BCUT2D eigenvalue weighted by Gasteiger charge is -2.24. The molecule has 0 unspecified atom stereocenters. The number of anilines is 1. The van der Waals surface area contributed by atoms with Crippen LogP contribution in [0.2, 0.25) is 0 Å². The smallest absolute Gasteiger partial charge is 0.264 e. The van der Waals surface area contributed by atoms with Gasteiger partial charge in [-0.25, -0.2) is 13.8 Å². The Labute approximate surface area is 241 Å². The summed E-state index contributed by atoms with van der Waals surface area (Å²) < 4.78 is 30.5. The quantitative estimate of drug-likeness (QED) is 0.149. The van der Waals surface area contributed by atoms with Gasteiger partial charge < -0.3 is 4.57 Å². The molecule has 40 heavy (non-hydrogen) atoms. The number of amides is 1. The van der Waals surface area contributed by atoms with Crippen LogP contribution in [0.25, 0.3) is 5.69 Å². The number of benzene rings is 3. The van der Waals surface area contributed by atoms with Gasteiger partial charge in [0.05, 0.1) is 16.8 Å². The molecule has 1 heterocycles. The maximum absolute atomic E-state index is 13.6. The molecule has 1 N–H and O–H groups in total. The highest BCUT2D eigenvalue weighted by atomic mass is 32.2. The van der Waals surface area contributed by atoms with E-state index in [4.69, 9.17) is 0 Å². The molecule has 0 spiro atoms. The number of carbonyl (C=O) groups excluding carboxylic acids is 1. The van der Waals surface area contributed by atoms with Crippen molar-refractivity contribution in [2.24, 2.45) is 5.10 Å². The molecule has 1 amide bonds. The van der Waals surface area contributed by atoms with E-state index in [1.54, 1.807) is 42.6 Å². The molecule has 7 nitrogen and oxygen atoms in total. The van der Waals surface area contributed by atoms with Gasteiger partial charge >= 0.3 is 0 Å². The molecule has 0 bridgehead atoms. The molecule has 0 aliphatic carbocycles. The second-order valence-electron chi connectivity index (χ2n) is 9.77. The van der Waals surface area contributed by atoms with Crippen molar-refractivity contribution >= 4 is 39.6 Å². The third kappa shape index (κ3) is 6.32. The van der Waals surface area contributed by atoms with Gasteiger partial charge in [-0.15, -0.1) is 11.8 Å². The molecule has 0 saturated heterocycles. The van der Waals surface area contributed by atoms with E-state index in [1.165, 1.54) is 22.9 Å². The number of aryl methyl sites for hydroxylation is 4. The molecule has 4 aromatic rings. The number of nitrogens with one attached hydrogen (secondary N) is 1. The first-order chi connectivity index (χ1) is 19.0. The van der Waals surface area contributed by atoms with Gasteiger partial charge in [-0.2, -0.15) is 5.10 Å². The Morgan fingerprint density at radius 1 is 0.925 bits per heavy atom. The minimum Gasteiger partial charge on any atom is -0.318 e. The summed E-state index contributed by atoms with van der Waals surface area (Å²) in [5, 5.41) is 4.16. The molecule has 9 heteroatoms. The maximum atomic E-state index is 13.6. The standard InChI is InChI=1S/C31H34N4O3S2/c1-21-7-10-27(11-8-21)34(40(37,38)29-14-12-28(39-6)13-15-29)20-31(36)33-32-19-26-18-24(4)35(25(26)5)30-16-9-22(2)17-23(30)3/h7-19H,20H2,1-6H3,(H,33,36)/b32-19-. The van der Waals surface area contributed by atoms with Crippen molar-refractivity contribution in [1.29, 1.82) is 0 Å². The first-order valence-electron chi connectivity index (χ1n) is 12.8. The first kappa shape index (κ1) is 29.2. The van der Waals surface area contributed by atoms with E-state index in [0.29, 0.717) is 5.69 Å². The van der Waals surface area contributed by atoms with Crippen LogP contribution < -0.4 is 9.73 Å². The molecular weight excluding hydrogens is 541 g/mol. The van der Waals surface area contributed by atoms with Crippen molar-refractivity contribution in [2.45, 2.75) is 44.4 Å². The van der Waals surface area contributed by atoms with E-state index in [1.807, 2.05) is 45.2 Å². The molecule has 0 atom stereocenters. The van der Waals surface area contributed by atoms with Crippen molar-refractivity contribution in [3.63, 3.8) is 0 Å². The van der Waals surface area contributed by atoms with Crippen molar-refractivity contribution in [1.82, 2.24) is 9.99 Å². The zero-order chi connectivity index (χ0) is 29.0. The van der Waals surface area contributed by atoms with E-state index in [-0.39, 0.29) is 4.90 Å². The summed E-state index contributed by atoms with van der Waals surface area (Å²) in [7, 11) is -4.00. The third-order valence-corrected chi connectivity index (χ3v) is 9.24. The van der Waals surface area contributed by atoms with Crippen LogP contribution in [0, 0.1) is 34.6 Å². The molecule has 0 radical (unpaired) electrons. The number of rotatable bonds is 9. The average molecular weight is 575 g/mol. The molecule has 208 valence electrons. The van der Waals surface area contributed by atoms with Gasteiger partial charge in [-0.3, -0.25) is 9.10 Å². The Kier molecular flexibility index (Phi) is 8.85. The van der Waals surface area contributed by atoms with Crippen LogP contribution in [0.1, 0.15) is 33.6 Å². The SMILES string of the molecule is CSc1ccc(S(=O)(=O)N(CC(=O)N/N=C\c2cc(C)n(-c3ccc(C)cc3C)c2C)c2ccc(C)cc2)cc1. The van der Waals surface area contributed by atoms with Crippen LogP contribution in [0.3, 0.4) is 0 Å². The van der Waals surface area contributed by atoms with Crippen molar-refractivity contribution in [3.8, 4) is 5.69 Å². The monoisotopic (exact) mass is 574 g/mol. The van der Waals surface area contributed by atoms with E-state index >= 15 is 0 Å². The molecule has 0 aliphatic heterocycles. The van der Waals surface area contributed by atoms with E-state index in [9.17, 15) is 13.2 Å². The van der Waals surface area contributed by atoms with Crippen molar-refractivity contribution in [2.75, 3.05) is 17.1 Å². The number of nitrogens with zero attached hydrogens (tertiary/aromatic N) is 3. The second kappa shape index (κ2) is 12.1. The highest BCUT2D eigenvalue weighted by molar-refractivity contribution is 7.98. The van der Waals surface area contributed by atoms with Gasteiger partial charge in [0.25, 0.3) is 15.9 Å². The zero-order valence-corrected chi connectivity index (χ0v) is 25.2. The number of hydrazone groups is 1. The van der Waals surface area contributed by atoms with Gasteiger partial charge in [-0.1, -0.05) is 35.4 Å². The Morgan fingerprint density at radius 3 is 2.20 bits per heavy atom. The van der Waals surface area contributed by atoms with Gasteiger partial charge in [-0.05, 0) is 95.0 Å². The average Bonchev–Trinajstić information content (AvgIpc) is 3.20. The highest BCUT2D eigenvalue weighted by Crippen LogP contribution is 2.26. The Bertz CT molecular complexity index is 1660. The number of carbonyl (C=O) groups is 1. The minimum absolute atomic E-state index is 0.112. The molecule has 0 aliphatic rings. The molecule has 0 saturated carbocycles. The number of aromatic nitrogens is 1. The van der Waals surface area contributed by atoms with Crippen LogP contribution in [-0.2, 0) is 14.8 Å². The minimum atomic E-state index is -4.00. The van der Waals surface area contributed by atoms with E-state index < -0.39 is 22.5 Å². The van der Waals surface area contributed by atoms with Crippen LogP contribution in [-0.4, -0.2) is 37.9 Å². The maximum Gasteiger partial charge on any atom is 0.264 e. The van der Waals surface area contributed by atoms with Crippen molar-refractivity contribution in [3.05, 3.63) is 106 Å². The summed E-state index contributed by atoms with van der Waals surface area (Å²) in [6, 6.07) is 22.0. The fraction of sp³-hybridized carbons (Fsp3) is 0.226. The first-order valence-corrected chi connectivity index (χ1v) is 15.5. The van der Waals surface area contributed by atoms with Gasteiger partial charge in [0.15, 0.2) is 0 Å². The number of sulfonamides is 1. The molecular formula is C31H34N4O3S2. The van der Waals surface area contributed by atoms with Crippen LogP contribution in [0.4, 0.5) is 5.69 Å². The molecule has 4 rings (SSSR count). The van der Waals surface area contributed by atoms with Gasteiger partial charge in [0, 0.05) is 27.5 Å². The molecule has 1 aromatic heterocycles. The molecule has 3 aromatic carbocycles. The lowest BCUT2D eigenvalue weighted by molar-refractivity contribution is -0.119. The lowest BCUT2D eigenvalue weighted by Crippen LogP contribution is -2.39. The van der Waals surface area contributed by atoms with Gasteiger partial charge in [0.1, 0.15) is 6.54 Å². The summed E-state index contributed by atoms with van der Waals surface area (Å²) in [5.74, 6) is -0.552. The largest absolute Gasteiger partial charge is 0.318 e. The number of hydrogen-bond donors (Lipinski definition) is 1. The normalized spacial score (nSPS) is 11.7. The summed E-state index contributed by atoms with van der Waals surface area (Å²) >= 11 is 1.53. The number of hydrogen-bond acceptors (Lipinski definition) is 5. The van der Waals surface area contributed by atoms with E-state index in [2.05, 4.69) is 47.1 Å². The van der Waals surface area contributed by atoms with Crippen LogP contribution in [0.15, 0.2) is 87.7 Å². The van der Waals surface area contributed by atoms with E-state index in [0.717, 1.165) is 37.4 Å². The summed E-state index contributed by atoms with van der Waals surface area (Å²) in [6.07, 6.45) is 3.51. The predicted octanol–water partition coefficient (Wildman–Crippen LogP) is 6.09. The highest BCUT2D eigenvalue weighted by Gasteiger charge is 2.27. The predicted molar refractivity (Wildman–Crippen MR) is 164 cm³/mol. The summed E-state index contributed by atoms with van der Waals surface area (Å²) in [4.78, 5) is 14.0. The Hall–Kier alpha value is -3.82. The summed E-state index contributed by atoms with van der Waals surface area (Å²) in [6.45, 7) is 9.68. The zero-order valence-electron chi connectivity index (χ0n) is 23.6. The topological polar surface area (TPSA) is 83.8 Å². The van der Waals surface area contributed by atoms with Crippen molar-refractivity contribution < 1.29 is 13.2 Å². The fourth-order valence-electron chi connectivity index (χ4n) is 4.59. The van der Waals surface area contributed by atoms with Gasteiger partial charge in [0.2, 0.25) is 0 Å². The summed E-state index contributed by atoms with van der Waals surface area (Å²) in [5.41, 5.74) is 10.2. The molecule has 0 fully saturated rings. The second-order valence-corrected chi connectivity index (χ2v) is 12.5. The number of thioether (sulfide) groups is 1. The fourth-order valence-corrected chi connectivity index (χ4v) is 6.42.